The Morgan fingerprint density at radius 2 is 1.68 bits per heavy atom. The van der Waals surface area contributed by atoms with Crippen molar-refractivity contribution in [3.8, 4) is 6.07 Å². The average Bonchev–Trinajstić information content (AvgIpc) is 2.72. The zero-order valence-corrected chi connectivity index (χ0v) is 15.6. The minimum atomic E-state index is -0.617. The number of fused-ring (bicyclic) bond motifs is 3. The van der Waals surface area contributed by atoms with E-state index in [-0.39, 0.29) is 5.56 Å². The van der Waals surface area contributed by atoms with Crippen LogP contribution in [-0.4, -0.2) is 14.1 Å². The first-order chi connectivity index (χ1) is 13.6. The molecule has 1 aromatic heterocycles. The molecule has 4 nitrogen and oxygen atoms in total. The number of rotatable bonds is 3. The third kappa shape index (κ3) is 3.04. The number of benzene rings is 3. The molecule has 0 N–H and O–H groups in total. The summed E-state index contributed by atoms with van der Waals surface area (Å²) in [6.45, 7) is 0. The SMILES string of the molecule is CN(C)c1ccc(/C=C/c2c(C#N)c(=O)oc3c2ccc2ccccc23)cc1. The number of nitrogens with zero attached hydrogens (tertiary/aromatic N) is 2. The molecule has 4 heteroatoms. The second-order valence-corrected chi connectivity index (χ2v) is 6.77. The monoisotopic (exact) mass is 366 g/mol. The van der Waals surface area contributed by atoms with Crippen LogP contribution >= 0.6 is 0 Å². The third-order valence-electron chi connectivity index (χ3n) is 4.80. The fourth-order valence-electron chi connectivity index (χ4n) is 3.30. The second-order valence-electron chi connectivity index (χ2n) is 6.77. The van der Waals surface area contributed by atoms with Gasteiger partial charge in [0.15, 0.2) is 0 Å². The molecule has 0 bridgehead atoms. The van der Waals surface area contributed by atoms with Crippen molar-refractivity contribution in [2.45, 2.75) is 0 Å². The van der Waals surface area contributed by atoms with Crippen molar-refractivity contribution in [1.29, 1.82) is 5.26 Å². The first kappa shape index (κ1) is 17.6. The summed E-state index contributed by atoms with van der Waals surface area (Å²) in [6, 6.07) is 21.6. The lowest BCUT2D eigenvalue weighted by Gasteiger charge is -2.11. The van der Waals surface area contributed by atoms with Crippen LogP contribution in [0.2, 0.25) is 0 Å². The zero-order valence-electron chi connectivity index (χ0n) is 15.6. The molecule has 0 aliphatic carbocycles. The molecule has 0 aliphatic heterocycles. The van der Waals surface area contributed by atoms with Crippen molar-refractivity contribution in [3.05, 3.63) is 87.8 Å². The van der Waals surface area contributed by atoms with Crippen LogP contribution in [0, 0.1) is 11.3 Å². The number of anilines is 1. The summed E-state index contributed by atoms with van der Waals surface area (Å²) in [5.41, 5.74) is 2.57. The van der Waals surface area contributed by atoms with Crippen LogP contribution in [0.15, 0.2) is 69.9 Å². The van der Waals surface area contributed by atoms with Gasteiger partial charge in [0.2, 0.25) is 0 Å². The largest absolute Gasteiger partial charge is 0.421 e. The molecule has 0 saturated carbocycles. The Bertz CT molecular complexity index is 1310. The van der Waals surface area contributed by atoms with Crippen LogP contribution in [0.1, 0.15) is 16.7 Å². The van der Waals surface area contributed by atoms with Gasteiger partial charge < -0.3 is 9.32 Å². The zero-order chi connectivity index (χ0) is 19.7. The van der Waals surface area contributed by atoms with Gasteiger partial charge in [0.25, 0.3) is 0 Å². The maximum absolute atomic E-state index is 12.4. The highest BCUT2D eigenvalue weighted by Crippen LogP contribution is 2.29. The molecule has 4 aromatic rings. The highest BCUT2D eigenvalue weighted by Gasteiger charge is 2.14. The fraction of sp³-hybridized carbons (Fsp3) is 0.0833. The Hall–Kier alpha value is -3.84. The summed E-state index contributed by atoms with van der Waals surface area (Å²) >= 11 is 0. The van der Waals surface area contributed by atoms with Gasteiger partial charge in [-0.25, -0.2) is 4.79 Å². The summed E-state index contributed by atoms with van der Waals surface area (Å²) in [4.78, 5) is 14.5. The molecule has 0 amide bonds. The second kappa shape index (κ2) is 7.05. The van der Waals surface area contributed by atoms with Gasteiger partial charge in [0.1, 0.15) is 17.2 Å². The predicted molar refractivity (Wildman–Crippen MR) is 114 cm³/mol. The molecule has 1 heterocycles. The molecule has 4 rings (SSSR count). The van der Waals surface area contributed by atoms with Crippen molar-refractivity contribution in [2.24, 2.45) is 0 Å². The quantitative estimate of drug-likeness (QED) is 0.376. The minimum Gasteiger partial charge on any atom is -0.421 e. The first-order valence-electron chi connectivity index (χ1n) is 8.92. The highest BCUT2D eigenvalue weighted by atomic mass is 16.4. The number of hydrogen-bond acceptors (Lipinski definition) is 4. The van der Waals surface area contributed by atoms with Gasteiger partial charge in [-0.05, 0) is 29.1 Å². The van der Waals surface area contributed by atoms with E-state index >= 15 is 0 Å². The fourth-order valence-corrected chi connectivity index (χ4v) is 3.30. The molecule has 3 aromatic carbocycles. The van der Waals surface area contributed by atoms with Gasteiger partial charge in [0, 0.05) is 36.1 Å². The van der Waals surface area contributed by atoms with Crippen LogP contribution in [0.25, 0.3) is 33.9 Å². The Kier molecular flexibility index (Phi) is 4.42. The van der Waals surface area contributed by atoms with Crippen molar-refractivity contribution >= 4 is 39.6 Å². The van der Waals surface area contributed by atoms with E-state index in [0.29, 0.717) is 11.1 Å². The molecular formula is C24H18N2O2. The Labute approximate surface area is 162 Å². The molecule has 0 fully saturated rings. The maximum Gasteiger partial charge on any atom is 0.354 e. The van der Waals surface area contributed by atoms with Gasteiger partial charge in [-0.3, -0.25) is 0 Å². The Balaban J connectivity index is 1.91. The average molecular weight is 366 g/mol. The van der Waals surface area contributed by atoms with Gasteiger partial charge in [-0.15, -0.1) is 0 Å². The van der Waals surface area contributed by atoms with Gasteiger partial charge in [-0.2, -0.15) is 5.26 Å². The molecule has 28 heavy (non-hydrogen) atoms. The van der Waals surface area contributed by atoms with E-state index in [1.807, 2.05) is 97.9 Å². The first-order valence-corrected chi connectivity index (χ1v) is 8.92. The summed E-state index contributed by atoms with van der Waals surface area (Å²) in [6.07, 6.45) is 3.72. The van der Waals surface area contributed by atoms with Crippen LogP contribution in [-0.2, 0) is 0 Å². The highest BCUT2D eigenvalue weighted by molar-refractivity contribution is 6.07. The van der Waals surface area contributed by atoms with Crippen molar-refractivity contribution in [1.82, 2.24) is 0 Å². The van der Waals surface area contributed by atoms with E-state index in [2.05, 4.69) is 0 Å². The smallest absolute Gasteiger partial charge is 0.354 e. The molecule has 136 valence electrons. The predicted octanol–water partition coefficient (Wildman–Crippen LogP) is 5.05. The van der Waals surface area contributed by atoms with E-state index in [9.17, 15) is 10.1 Å². The maximum atomic E-state index is 12.4. The van der Waals surface area contributed by atoms with Crippen LogP contribution in [0.3, 0.4) is 0 Å². The summed E-state index contributed by atoms with van der Waals surface area (Å²) in [5.74, 6) is 0. The number of nitriles is 1. The Morgan fingerprint density at radius 1 is 0.929 bits per heavy atom. The molecule has 0 unspecified atom stereocenters. The minimum absolute atomic E-state index is 0.0175. The summed E-state index contributed by atoms with van der Waals surface area (Å²) in [7, 11) is 3.98. The molecule has 0 aliphatic rings. The normalized spacial score (nSPS) is 11.2. The standard InChI is InChI=1S/C24H18N2O2/c1-26(2)18-11-7-16(8-12-18)9-13-20-21-14-10-17-5-3-4-6-19(17)23(21)28-24(27)22(20)15-25/h3-14H,1-2H3/b13-9+. The summed E-state index contributed by atoms with van der Waals surface area (Å²) in [5, 5.41) is 12.1. The van der Waals surface area contributed by atoms with E-state index in [1.54, 1.807) is 0 Å². The van der Waals surface area contributed by atoms with Crippen molar-refractivity contribution in [3.63, 3.8) is 0 Å². The van der Waals surface area contributed by atoms with Crippen LogP contribution < -0.4 is 10.5 Å². The topological polar surface area (TPSA) is 57.2 Å². The van der Waals surface area contributed by atoms with Crippen molar-refractivity contribution < 1.29 is 4.42 Å². The lowest BCUT2D eigenvalue weighted by atomic mass is 10.00. The van der Waals surface area contributed by atoms with E-state index in [1.165, 1.54) is 0 Å². The van der Waals surface area contributed by atoms with Gasteiger partial charge >= 0.3 is 5.63 Å². The van der Waals surface area contributed by atoms with E-state index < -0.39 is 5.63 Å². The third-order valence-corrected chi connectivity index (χ3v) is 4.80. The van der Waals surface area contributed by atoms with E-state index in [4.69, 9.17) is 4.42 Å². The van der Waals surface area contributed by atoms with Gasteiger partial charge in [-0.1, -0.05) is 54.6 Å². The van der Waals surface area contributed by atoms with Crippen molar-refractivity contribution in [2.75, 3.05) is 19.0 Å². The molecule has 0 spiro atoms. The molecule has 0 radical (unpaired) electrons. The lowest BCUT2D eigenvalue weighted by Crippen LogP contribution is -2.08. The van der Waals surface area contributed by atoms with Gasteiger partial charge in [0.05, 0.1) is 0 Å². The molecular weight excluding hydrogens is 348 g/mol. The van der Waals surface area contributed by atoms with E-state index in [0.717, 1.165) is 27.4 Å². The molecule has 0 atom stereocenters. The Morgan fingerprint density at radius 3 is 2.39 bits per heavy atom. The molecule has 0 saturated heterocycles. The van der Waals surface area contributed by atoms with Crippen LogP contribution in [0.4, 0.5) is 5.69 Å². The number of hydrogen-bond donors (Lipinski definition) is 0. The van der Waals surface area contributed by atoms with Crippen LogP contribution in [0.5, 0.6) is 0 Å². The lowest BCUT2D eigenvalue weighted by molar-refractivity contribution is 0.561. The summed E-state index contributed by atoms with van der Waals surface area (Å²) < 4.78 is 5.51.